The van der Waals surface area contributed by atoms with Crippen LogP contribution in [0.15, 0.2) is 18.2 Å². The lowest BCUT2D eigenvalue weighted by molar-refractivity contribution is -0.118. The Morgan fingerprint density at radius 1 is 1.39 bits per heavy atom. The second-order valence-electron chi connectivity index (χ2n) is 4.93. The fourth-order valence-corrected chi connectivity index (χ4v) is 2.89. The van der Waals surface area contributed by atoms with E-state index < -0.39 is 0 Å². The number of alkyl halides is 1. The van der Waals surface area contributed by atoms with Gasteiger partial charge in [-0.15, -0.1) is 0 Å². The van der Waals surface area contributed by atoms with Gasteiger partial charge >= 0.3 is 0 Å². The molecule has 2 nitrogen and oxygen atoms in total. The van der Waals surface area contributed by atoms with Crippen molar-refractivity contribution < 1.29 is 4.79 Å². The van der Waals surface area contributed by atoms with Gasteiger partial charge in [0, 0.05) is 24.0 Å². The van der Waals surface area contributed by atoms with Crippen molar-refractivity contribution in [3.05, 3.63) is 29.3 Å². The second-order valence-corrected chi connectivity index (χ2v) is 5.72. The highest BCUT2D eigenvalue weighted by Crippen LogP contribution is 2.28. The molecule has 0 spiro atoms. The van der Waals surface area contributed by atoms with E-state index in [0.717, 1.165) is 43.2 Å². The van der Waals surface area contributed by atoms with Crippen molar-refractivity contribution in [1.29, 1.82) is 0 Å². The zero-order chi connectivity index (χ0) is 13.0. The van der Waals surface area contributed by atoms with Gasteiger partial charge in [-0.05, 0) is 44.2 Å². The first-order valence-electron chi connectivity index (χ1n) is 6.68. The van der Waals surface area contributed by atoms with Gasteiger partial charge in [0.15, 0.2) is 0 Å². The number of carbonyl (C=O) groups is 1. The summed E-state index contributed by atoms with van der Waals surface area (Å²) in [5.74, 6) is 0.278. The molecule has 0 fully saturated rings. The average molecular weight is 310 g/mol. The molecule has 1 aromatic carbocycles. The molecule has 0 aliphatic carbocycles. The molecule has 1 aromatic rings. The molecule has 0 unspecified atom stereocenters. The van der Waals surface area contributed by atoms with Gasteiger partial charge in [-0.1, -0.05) is 33.6 Å². The number of nitrogens with zero attached hydrogens (tertiary/aromatic N) is 1. The second kappa shape index (κ2) is 6.37. The van der Waals surface area contributed by atoms with Crippen LogP contribution in [0.1, 0.15) is 36.8 Å². The minimum absolute atomic E-state index is 0.278. The Morgan fingerprint density at radius 2 is 2.22 bits per heavy atom. The standard InChI is InChI=1S/C15H20BrNO/c1-12-7-8-14-13(11-12)5-4-10-17(14)15(18)6-2-3-9-16/h7-8,11H,2-6,9-10H2,1H3. The fourth-order valence-electron chi connectivity index (χ4n) is 2.49. The summed E-state index contributed by atoms with van der Waals surface area (Å²) >= 11 is 3.40. The van der Waals surface area contributed by atoms with Crippen molar-refractivity contribution in [3.8, 4) is 0 Å². The molecular weight excluding hydrogens is 290 g/mol. The third-order valence-electron chi connectivity index (χ3n) is 3.43. The van der Waals surface area contributed by atoms with E-state index in [4.69, 9.17) is 0 Å². The van der Waals surface area contributed by atoms with Crippen LogP contribution in [-0.2, 0) is 11.2 Å². The minimum Gasteiger partial charge on any atom is -0.312 e. The van der Waals surface area contributed by atoms with Crippen LogP contribution in [0.25, 0.3) is 0 Å². The quantitative estimate of drug-likeness (QED) is 0.611. The summed E-state index contributed by atoms with van der Waals surface area (Å²) in [6.45, 7) is 2.99. The maximum absolute atomic E-state index is 12.2. The van der Waals surface area contributed by atoms with Crippen molar-refractivity contribution in [2.75, 3.05) is 16.8 Å². The lowest BCUT2D eigenvalue weighted by Gasteiger charge is -2.30. The fraction of sp³-hybridized carbons (Fsp3) is 0.533. The molecule has 0 N–H and O–H groups in total. The third kappa shape index (κ3) is 3.14. The molecule has 1 heterocycles. The van der Waals surface area contributed by atoms with E-state index in [9.17, 15) is 4.79 Å². The molecule has 1 amide bonds. The summed E-state index contributed by atoms with van der Waals surface area (Å²) in [6.07, 6.45) is 4.89. The lowest BCUT2D eigenvalue weighted by atomic mass is 9.99. The van der Waals surface area contributed by atoms with Gasteiger partial charge < -0.3 is 4.90 Å². The highest BCUT2D eigenvalue weighted by Gasteiger charge is 2.21. The number of rotatable bonds is 4. The van der Waals surface area contributed by atoms with Crippen molar-refractivity contribution in [2.24, 2.45) is 0 Å². The molecule has 0 aromatic heterocycles. The van der Waals surface area contributed by atoms with Crippen molar-refractivity contribution in [1.82, 2.24) is 0 Å². The van der Waals surface area contributed by atoms with Gasteiger partial charge in [-0.2, -0.15) is 0 Å². The zero-order valence-electron chi connectivity index (χ0n) is 10.9. The SMILES string of the molecule is Cc1ccc2c(c1)CCCN2C(=O)CCCCBr. The average Bonchev–Trinajstić information content (AvgIpc) is 2.37. The molecule has 0 saturated carbocycles. The minimum atomic E-state index is 0.278. The highest BCUT2D eigenvalue weighted by molar-refractivity contribution is 9.09. The van der Waals surface area contributed by atoms with E-state index in [1.807, 2.05) is 4.90 Å². The number of halogens is 1. The van der Waals surface area contributed by atoms with Crippen LogP contribution in [0, 0.1) is 6.92 Å². The van der Waals surface area contributed by atoms with Crippen LogP contribution in [0.4, 0.5) is 5.69 Å². The molecule has 1 aliphatic rings. The topological polar surface area (TPSA) is 20.3 Å². The first-order chi connectivity index (χ1) is 8.72. The van der Waals surface area contributed by atoms with Crippen LogP contribution >= 0.6 is 15.9 Å². The number of anilines is 1. The monoisotopic (exact) mass is 309 g/mol. The normalized spacial score (nSPS) is 14.4. The Morgan fingerprint density at radius 3 is 3.00 bits per heavy atom. The number of fused-ring (bicyclic) bond motifs is 1. The molecular formula is C15H20BrNO. The van der Waals surface area contributed by atoms with Gasteiger partial charge in [0.05, 0.1) is 0 Å². The summed E-state index contributed by atoms with van der Waals surface area (Å²) in [5.41, 5.74) is 3.74. The molecule has 1 aliphatic heterocycles. The van der Waals surface area contributed by atoms with Crippen molar-refractivity contribution in [3.63, 3.8) is 0 Å². The van der Waals surface area contributed by atoms with E-state index >= 15 is 0 Å². The summed E-state index contributed by atoms with van der Waals surface area (Å²) in [6, 6.07) is 6.42. The zero-order valence-corrected chi connectivity index (χ0v) is 12.5. The van der Waals surface area contributed by atoms with E-state index in [1.54, 1.807) is 0 Å². The molecule has 98 valence electrons. The number of carbonyl (C=O) groups excluding carboxylic acids is 1. The van der Waals surface area contributed by atoms with E-state index in [1.165, 1.54) is 11.1 Å². The van der Waals surface area contributed by atoms with Gasteiger partial charge in [-0.25, -0.2) is 0 Å². The van der Waals surface area contributed by atoms with Crippen LogP contribution in [-0.4, -0.2) is 17.8 Å². The molecule has 0 atom stereocenters. The molecule has 0 saturated heterocycles. The Kier molecular flexibility index (Phi) is 4.81. The summed E-state index contributed by atoms with van der Waals surface area (Å²) in [5, 5.41) is 0.982. The Hall–Kier alpha value is -0.830. The van der Waals surface area contributed by atoms with Gasteiger partial charge in [0.25, 0.3) is 0 Å². The number of aryl methyl sites for hydroxylation is 2. The number of benzene rings is 1. The van der Waals surface area contributed by atoms with E-state index in [-0.39, 0.29) is 5.91 Å². The lowest BCUT2D eigenvalue weighted by Crippen LogP contribution is -2.35. The molecule has 0 bridgehead atoms. The number of amides is 1. The summed E-state index contributed by atoms with van der Waals surface area (Å²) < 4.78 is 0. The summed E-state index contributed by atoms with van der Waals surface area (Å²) in [7, 11) is 0. The van der Waals surface area contributed by atoms with Gasteiger partial charge in [0.1, 0.15) is 0 Å². The van der Waals surface area contributed by atoms with Gasteiger partial charge in [-0.3, -0.25) is 4.79 Å². The number of unbranched alkanes of at least 4 members (excludes halogenated alkanes) is 1. The smallest absolute Gasteiger partial charge is 0.226 e. The third-order valence-corrected chi connectivity index (χ3v) is 3.99. The maximum atomic E-state index is 12.2. The molecule has 18 heavy (non-hydrogen) atoms. The predicted molar refractivity (Wildman–Crippen MR) is 79.5 cm³/mol. The number of hydrogen-bond acceptors (Lipinski definition) is 1. The molecule has 2 rings (SSSR count). The van der Waals surface area contributed by atoms with Crippen LogP contribution < -0.4 is 4.90 Å². The van der Waals surface area contributed by atoms with Crippen LogP contribution in [0.3, 0.4) is 0 Å². The van der Waals surface area contributed by atoms with E-state index in [2.05, 4.69) is 41.1 Å². The van der Waals surface area contributed by atoms with Gasteiger partial charge in [0.2, 0.25) is 5.91 Å². The summed E-state index contributed by atoms with van der Waals surface area (Å²) in [4.78, 5) is 14.2. The van der Waals surface area contributed by atoms with Crippen LogP contribution in [0.2, 0.25) is 0 Å². The number of hydrogen-bond donors (Lipinski definition) is 0. The van der Waals surface area contributed by atoms with Crippen molar-refractivity contribution >= 4 is 27.5 Å². The largest absolute Gasteiger partial charge is 0.312 e. The molecule has 3 heteroatoms. The molecule has 0 radical (unpaired) electrons. The van der Waals surface area contributed by atoms with Crippen molar-refractivity contribution in [2.45, 2.75) is 39.0 Å². The van der Waals surface area contributed by atoms with Crippen LogP contribution in [0.5, 0.6) is 0 Å². The first kappa shape index (κ1) is 13.6. The van der Waals surface area contributed by atoms with E-state index in [0.29, 0.717) is 6.42 Å². The Labute approximate surface area is 117 Å². The predicted octanol–water partition coefficient (Wildman–Crippen LogP) is 3.84. The Bertz CT molecular complexity index is 431. The first-order valence-corrected chi connectivity index (χ1v) is 7.80. The highest BCUT2D eigenvalue weighted by atomic mass is 79.9. The maximum Gasteiger partial charge on any atom is 0.226 e. The Balaban J connectivity index is 2.09.